The summed E-state index contributed by atoms with van der Waals surface area (Å²) in [5.41, 5.74) is 0.0230. The summed E-state index contributed by atoms with van der Waals surface area (Å²) in [7, 11) is 1.34. The highest BCUT2D eigenvalue weighted by molar-refractivity contribution is 9.11. The first-order valence-electron chi connectivity index (χ1n) is 17.4. The Kier molecular flexibility index (Phi) is 27.8. The summed E-state index contributed by atoms with van der Waals surface area (Å²) in [6.45, 7) is 0. The third kappa shape index (κ3) is 18.8. The van der Waals surface area contributed by atoms with E-state index in [1.54, 1.807) is 12.1 Å². The van der Waals surface area contributed by atoms with Crippen LogP contribution in [0.1, 0.15) is 62.1 Å². The number of aromatic carboxylic acids is 2. The molecule has 0 unspecified atom stereocenters. The first kappa shape index (κ1) is 62.8. The van der Waals surface area contributed by atoms with Crippen LogP contribution in [-0.2, 0) is 0 Å². The van der Waals surface area contributed by atoms with Gasteiger partial charge >= 0.3 is 11.9 Å². The van der Waals surface area contributed by atoms with E-state index in [1.807, 2.05) is 0 Å². The number of hydrogen-bond donors (Lipinski definition) is 7. The highest BCUT2D eigenvalue weighted by Gasteiger charge is 2.19. The fourth-order valence-corrected chi connectivity index (χ4v) is 7.76. The molecule has 0 aliphatic heterocycles. The van der Waals surface area contributed by atoms with E-state index >= 15 is 0 Å². The van der Waals surface area contributed by atoms with Gasteiger partial charge in [-0.15, -0.1) is 0 Å². The summed E-state index contributed by atoms with van der Waals surface area (Å²) in [6, 6.07) is 17.5. The second-order valence-corrected chi connectivity index (χ2v) is 18.3. The average molecular weight is 1330 g/mol. The molecular weight excluding hydrogens is 1300 g/mol. The van der Waals surface area contributed by atoms with Crippen LogP contribution in [0.2, 0.25) is 45.2 Å². The molecule has 0 spiro atoms. The molecule has 0 saturated heterocycles. The molecule has 0 radical (unpaired) electrons. The number of hydrogen-bond acceptors (Lipinski definition) is 12. The smallest absolute Gasteiger partial charge is 0.341 e. The molecule has 0 aliphatic carbocycles. The Labute approximate surface area is 460 Å². The molecule has 26 heteroatoms. The summed E-state index contributed by atoms with van der Waals surface area (Å²) >= 11 is 59.5. The molecule has 7 N–H and O–H groups in total. The Morgan fingerprint density at radius 1 is 0.464 bits per heavy atom. The van der Waals surface area contributed by atoms with E-state index in [0.717, 1.165) is 4.47 Å². The first-order valence-corrected chi connectivity index (χ1v) is 23.2. The number of benzene rings is 6. The van der Waals surface area contributed by atoms with Crippen LogP contribution >= 0.6 is 152 Å². The summed E-state index contributed by atoms with van der Waals surface area (Å²) in [5.74, 6) is -3.61. The maximum Gasteiger partial charge on any atom is 0.341 e. The summed E-state index contributed by atoms with van der Waals surface area (Å²) in [5, 5.41) is 64.0. The third-order valence-electron chi connectivity index (χ3n) is 7.60. The Balaban J connectivity index is 0.000000415. The summed E-state index contributed by atoms with van der Waals surface area (Å²) in [6.07, 6.45) is 2.07. The molecule has 0 aromatic heterocycles. The molecule has 0 heterocycles. The van der Waals surface area contributed by atoms with Crippen molar-refractivity contribution in [2.24, 2.45) is 0 Å². The minimum absolute atomic E-state index is 0.00367. The van der Waals surface area contributed by atoms with Crippen LogP contribution in [-0.4, -0.2) is 79.9 Å². The van der Waals surface area contributed by atoms with Crippen molar-refractivity contribution >= 4 is 189 Å². The normalized spacial score (nSPS) is 9.70. The molecule has 0 bridgehead atoms. The lowest BCUT2D eigenvalue weighted by molar-refractivity contribution is 0.0682. The Morgan fingerprint density at radius 2 is 0.899 bits per heavy atom. The number of halogens is 12. The monoisotopic (exact) mass is 1320 g/mol. The average Bonchev–Trinajstić information content (AvgIpc) is 3.29. The molecule has 0 saturated carbocycles. The van der Waals surface area contributed by atoms with Gasteiger partial charge in [-0.3, -0.25) is 19.2 Å². The van der Waals surface area contributed by atoms with Gasteiger partial charge in [-0.2, -0.15) is 0 Å². The zero-order valence-electron chi connectivity index (χ0n) is 33.8. The summed E-state index contributed by atoms with van der Waals surface area (Å²) in [4.78, 5) is 62.4. The number of carboxylic acids is 2. The van der Waals surface area contributed by atoms with E-state index in [4.69, 9.17) is 140 Å². The number of aldehydes is 4. The fourth-order valence-electron chi connectivity index (χ4n) is 4.35. The number of carbonyl (C=O) groups is 6. The van der Waals surface area contributed by atoms with Crippen molar-refractivity contribution in [1.82, 2.24) is 0 Å². The minimum Gasteiger partial charge on any atom is -0.507 e. The number of rotatable bonds is 7. The van der Waals surface area contributed by atoms with Crippen molar-refractivity contribution in [2.45, 2.75) is 0 Å². The molecule has 6 aromatic rings. The van der Waals surface area contributed by atoms with Crippen molar-refractivity contribution in [1.29, 1.82) is 0 Å². The fraction of sp³-hybridized carbons (Fsp3) is 0.0233. The van der Waals surface area contributed by atoms with Gasteiger partial charge in [0, 0.05) is 13.4 Å². The quantitative estimate of drug-likeness (QED) is 0.0580. The number of aromatic hydroxyl groups is 5. The van der Waals surface area contributed by atoms with E-state index < -0.39 is 17.7 Å². The molecule has 69 heavy (non-hydrogen) atoms. The largest absolute Gasteiger partial charge is 0.507 e. The number of phenols is 5. The Morgan fingerprint density at radius 3 is 1.33 bits per heavy atom. The van der Waals surface area contributed by atoms with Crippen molar-refractivity contribution < 1.29 is 69.2 Å². The van der Waals surface area contributed by atoms with Crippen molar-refractivity contribution in [3.63, 3.8) is 0 Å². The van der Waals surface area contributed by atoms with E-state index in [-0.39, 0.29) is 102 Å². The lowest BCUT2D eigenvalue weighted by Gasteiger charge is -2.07. The molecule has 6 aromatic carbocycles. The maximum absolute atomic E-state index is 10.7. The van der Waals surface area contributed by atoms with E-state index in [9.17, 15) is 33.9 Å². The molecule has 366 valence electrons. The highest BCUT2D eigenvalue weighted by atomic mass is 79.9. The predicted molar refractivity (Wildman–Crippen MR) is 277 cm³/mol. The van der Waals surface area contributed by atoms with Crippen molar-refractivity contribution in [3.05, 3.63) is 165 Å². The van der Waals surface area contributed by atoms with Crippen LogP contribution < -0.4 is 4.74 Å². The zero-order valence-corrected chi connectivity index (χ0v) is 45.3. The number of ether oxygens (including phenoxy) is 1. The molecule has 6 rings (SSSR count). The van der Waals surface area contributed by atoms with Gasteiger partial charge in [0.2, 0.25) is 0 Å². The van der Waals surface area contributed by atoms with Crippen LogP contribution in [0.3, 0.4) is 0 Å². The van der Waals surface area contributed by atoms with E-state index in [2.05, 4.69) is 47.8 Å². The molecule has 0 fully saturated rings. The van der Waals surface area contributed by atoms with Gasteiger partial charge in [0.15, 0.2) is 30.9 Å². The van der Waals surface area contributed by atoms with Gasteiger partial charge in [0.25, 0.3) is 0 Å². The number of carboxylic acid groups (broad SMARTS) is 2. The van der Waals surface area contributed by atoms with Gasteiger partial charge in [0.05, 0.1) is 74.6 Å². The lowest BCUT2D eigenvalue weighted by Crippen LogP contribution is -2.01. The SMILES string of the molecule is COc1c(Cl)ccc(Cl)c1C(=O)O.O=C(O)c1c(Cl)ccc(Cl)c1O.O=Cc1c(Cl)ccc(Cl)c1O.O=Cc1c(O)c(Cl)cc(Br)c1Cl.O=Cc1cc(Br)cc(Cl)c1O.O=Cc1cc(Br)ccc1O. The number of phenolic OH excluding ortho intramolecular Hbond substituents is 4. The first-order chi connectivity index (χ1) is 32.2. The Bertz CT molecular complexity index is 2850. The van der Waals surface area contributed by atoms with Gasteiger partial charge < -0.3 is 40.5 Å². The van der Waals surface area contributed by atoms with Crippen molar-refractivity contribution in [3.8, 4) is 34.5 Å². The second-order valence-electron chi connectivity index (χ2n) is 12.0. The van der Waals surface area contributed by atoms with Gasteiger partial charge in [-0.25, -0.2) is 9.59 Å². The zero-order chi connectivity index (χ0) is 53.0. The topological polar surface area (TPSA) is 253 Å². The third-order valence-corrected chi connectivity index (χ3v) is 12.3. The maximum atomic E-state index is 10.7. The number of carbonyl (C=O) groups excluding carboxylic acids is 4. The molecule has 0 aliphatic rings. The minimum atomic E-state index is -1.31. The van der Waals surface area contributed by atoms with E-state index in [1.165, 1.54) is 67.8 Å². The second kappa shape index (κ2) is 30.5. The van der Waals surface area contributed by atoms with Gasteiger partial charge in [0.1, 0.15) is 39.9 Å². The molecule has 0 atom stereocenters. The standard InChI is InChI=1S/C8H6Cl2O3.C7H3BrCl2O2.C7H4BrClO2.C7H5BrO2.C7H4Cl2O3.C7H4Cl2O2/c1-13-7-5(10)3-2-4(9)6(7)8(11)12;8-4-1-5(9)7(12)3(2-11)6(4)10;8-5-1-4(3-10)7(11)6(9)2-5;8-6-1-2-7(10)5(3-6)4-9;8-3-1-2-4(9)6(10)5(3)7(11)12;8-5-1-2-6(9)7(11)4(5)3-10/h2-3H,1H3,(H,11,12);1-2,12H;1-3,11H;1-4,10H;1-2,10H,(H,11,12);1-3,11H. The predicted octanol–water partition coefficient (Wildman–Crippen LogP) is 15.5. The van der Waals surface area contributed by atoms with Gasteiger partial charge in [-0.1, -0.05) is 136 Å². The number of methoxy groups -OCH3 is 1. The molecule has 0 amide bonds. The summed E-state index contributed by atoms with van der Waals surface area (Å²) < 4.78 is 6.76. The van der Waals surface area contributed by atoms with Crippen LogP contribution in [0.15, 0.2) is 86.2 Å². The Hall–Kier alpha value is -4.21. The van der Waals surface area contributed by atoms with Crippen LogP contribution in [0.25, 0.3) is 0 Å². The molecule has 14 nitrogen and oxygen atoms in total. The van der Waals surface area contributed by atoms with Crippen LogP contribution in [0.4, 0.5) is 0 Å². The van der Waals surface area contributed by atoms with Gasteiger partial charge in [-0.05, 0) is 88.7 Å². The van der Waals surface area contributed by atoms with E-state index in [0.29, 0.717) is 39.7 Å². The van der Waals surface area contributed by atoms with Crippen LogP contribution in [0.5, 0.6) is 34.5 Å². The lowest BCUT2D eigenvalue weighted by atomic mass is 10.2. The highest BCUT2D eigenvalue weighted by Crippen LogP contribution is 2.38. The van der Waals surface area contributed by atoms with Crippen molar-refractivity contribution in [2.75, 3.05) is 7.11 Å². The van der Waals surface area contributed by atoms with Crippen LogP contribution in [0, 0.1) is 0 Å². The molecular formula is C43H26Br3Cl9O14.